The molecule has 2 heterocycles. The van der Waals surface area contributed by atoms with Gasteiger partial charge in [-0.3, -0.25) is 19.9 Å². The standard InChI is InChI=1S/C14H22N4O3.C4H9N.CH2O/c1-3-14(18(20)21)7-6-12(2)10-17(11-19)16-9-13-5-4-8-15-13;1-2-4-5-3-1;1-2/h3,6-7,11,13,15-16H,2,4-5,8-10H2,1H3;5H,1-4H2;1H2/b7-6-,14-3+;;. The molecule has 1 atom stereocenters. The van der Waals surface area contributed by atoms with Crippen molar-refractivity contribution in [3.63, 3.8) is 0 Å². The second-order valence-corrected chi connectivity index (χ2v) is 6.31. The molecule has 0 aromatic carbocycles. The third-order valence-corrected chi connectivity index (χ3v) is 4.16. The van der Waals surface area contributed by atoms with E-state index in [0.717, 1.165) is 19.4 Å². The van der Waals surface area contributed by atoms with E-state index in [-0.39, 0.29) is 12.2 Å². The molecule has 9 nitrogen and oxygen atoms in total. The van der Waals surface area contributed by atoms with Crippen molar-refractivity contribution >= 4 is 13.2 Å². The summed E-state index contributed by atoms with van der Waals surface area (Å²) >= 11 is 0. The molecule has 2 aliphatic heterocycles. The third kappa shape index (κ3) is 12.1. The van der Waals surface area contributed by atoms with Crippen LogP contribution in [0.25, 0.3) is 0 Å². The highest BCUT2D eigenvalue weighted by Crippen LogP contribution is 2.05. The first-order valence-electron chi connectivity index (χ1n) is 9.41. The van der Waals surface area contributed by atoms with Gasteiger partial charge in [0.25, 0.3) is 5.70 Å². The Kier molecular flexibility index (Phi) is 15.4. The van der Waals surface area contributed by atoms with E-state index in [4.69, 9.17) is 4.79 Å². The highest BCUT2D eigenvalue weighted by Gasteiger charge is 2.14. The zero-order valence-corrected chi connectivity index (χ0v) is 16.7. The highest BCUT2D eigenvalue weighted by molar-refractivity contribution is 5.47. The Labute approximate surface area is 167 Å². The maximum absolute atomic E-state index is 11.0. The second-order valence-electron chi connectivity index (χ2n) is 6.31. The first-order chi connectivity index (χ1) is 13.6. The van der Waals surface area contributed by atoms with Crippen LogP contribution in [-0.2, 0) is 9.59 Å². The lowest BCUT2D eigenvalue weighted by molar-refractivity contribution is -0.419. The van der Waals surface area contributed by atoms with E-state index >= 15 is 0 Å². The van der Waals surface area contributed by atoms with Crippen molar-refractivity contribution in [2.45, 2.75) is 38.6 Å². The maximum atomic E-state index is 11.0. The van der Waals surface area contributed by atoms with E-state index in [1.807, 2.05) is 6.79 Å². The van der Waals surface area contributed by atoms with Crippen LogP contribution in [0.4, 0.5) is 0 Å². The molecule has 2 saturated heterocycles. The fourth-order valence-corrected chi connectivity index (χ4v) is 2.65. The van der Waals surface area contributed by atoms with Gasteiger partial charge in [0.05, 0.1) is 11.5 Å². The van der Waals surface area contributed by atoms with E-state index in [1.165, 1.54) is 43.1 Å². The monoisotopic (exact) mass is 395 g/mol. The Morgan fingerprint density at radius 3 is 2.36 bits per heavy atom. The topological polar surface area (TPSA) is 117 Å². The van der Waals surface area contributed by atoms with E-state index in [2.05, 4.69) is 22.6 Å². The summed E-state index contributed by atoms with van der Waals surface area (Å²) in [6.45, 7) is 11.9. The molecule has 28 heavy (non-hydrogen) atoms. The van der Waals surface area contributed by atoms with E-state index in [1.54, 1.807) is 13.0 Å². The smallest absolute Gasteiger partial charge is 0.265 e. The minimum Gasteiger partial charge on any atom is -0.317 e. The van der Waals surface area contributed by atoms with Gasteiger partial charge in [0, 0.05) is 18.7 Å². The Bertz CT molecular complexity index is 519. The fraction of sp³-hybridized carbons (Fsp3) is 0.579. The van der Waals surface area contributed by atoms with Gasteiger partial charge >= 0.3 is 0 Å². The van der Waals surface area contributed by atoms with Crippen molar-refractivity contribution in [3.8, 4) is 0 Å². The van der Waals surface area contributed by atoms with Crippen LogP contribution in [0.5, 0.6) is 0 Å². The number of amides is 1. The maximum Gasteiger partial charge on any atom is 0.265 e. The minimum atomic E-state index is -0.467. The average molecular weight is 396 g/mol. The summed E-state index contributed by atoms with van der Waals surface area (Å²) in [5, 5.41) is 18.6. The van der Waals surface area contributed by atoms with Gasteiger partial charge in [-0.05, 0) is 63.9 Å². The Morgan fingerprint density at radius 2 is 1.93 bits per heavy atom. The van der Waals surface area contributed by atoms with Crippen molar-refractivity contribution in [2.24, 2.45) is 0 Å². The molecular formula is C19H33N5O4. The summed E-state index contributed by atoms with van der Waals surface area (Å²) in [5.41, 5.74) is 3.63. The average Bonchev–Trinajstić information content (AvgIpc) is 3.43. The Hall–Kier alpha value is -2.36. The molecule has 0 bridgehead atoms. The van der Waals surface area contributed by atoms with Crippen LogP contribution < -0.4 is 16.1 Å². The number of nitro groups is 1. The van der Waals surface area contributed by atoms with E-state index in [9.17, 15) is 14.9 Å². The molecule has 0 aromatic rings. The van der Waals surface area contributed by atoms with Gasteiger partial charge in [0.2, 0.25) is 6.41 Å². The van der Waals surface area contributed by atoms with Gasteiger partial charge < -0.3 is 15.4 Å². The summed E-state index contributed by atoms with van der Waals surface area (Å²) in [4.78, 5) is 29.2. The molecule has 3 N–H and O–H groups in total. The summed E-state index contributed by atoms with van der Waals surface area (Å²) in [5.74, 6) is 0. The van der Waals surface area contributed by atoms with Crippen LogP contribution in [-0.4, -0.2) is 61.9 Å². The molecule has 0 radical (unpaired) electrons. The SMILES string of the molecule is C1CCNC1.C=C(/C=C\C(=C/C)[N+](=O)[O-])CN(C=O)NCC1CCCN1.C=O. The van der Waals surface area contributed by atoms with Gasteiger partial charge in [0.1, 0.15) is 6.79 Å². The largest absolute Gasteiger partial charge is 0.317 e. The van der Waals surface area contributed by atoms with Gasteiger partial charge in [-0.2, -0.15) is 0 Å². The molecule has 0 saturated carbocycles. The quantitative estimate of drug-likeness (QED) is 0.232. The van der Waals surface area contributed by atoms with Crippen LogP contribution in [0.2, 0.25) is 0 Å². The zero-order chi connectivity index (χ0) is 21.2. The predicted octanol–water partition coefficient (Wildman–Crippen LogP) is 1.18. The molecule has 2 aliphatic rings. The van der Waals surface area contributed by atoms with Crippen LogP contribution in [0.1, 0.15) is 32.6 Å². The normalized spacial score (nSPS) is 18.6. The molecule has 0 spiro atoms. The van der Waals surface area contributed by atoms with E-state index in [0.29, 0.717) is 24.6 Å². The summed E-state index contributed by atoms with van der Waals surface area (Å²) < 4.78 is 0. The molecule has 0 aromatic heterocycles. The number of rotatable bonds is 9. The molecule has 9 heteroatoms. The van der Waals surface area contributed by atoms with Crippen LogP contribution in [0.3, 0.4) is 0 Å². The molecule has 1 unspecified atom stereocenters. The van der Waals surface area contributed by atoms with Crippen molar-refractivity contribution in [2.75, 3.05) is 32.7 Å². The minimum absolute atomic E-state index is 0.00285. The van der Waals surface area contributed by atoms with Crippen LogP contribution in [0.15, 0.2) is 36.1 Å². The number of hydrogen-bond acceptors (Lipinski definition) is 7. The molecule has 2 rings (SSSR count). The summed E-state index contributed by atoms with van der Waals surface area (Å²) in [6.07, 6.45) is 10.0. The Morgan fingerprint density at radius 1 is 1.25 bits per heavy atom. The van der Waals surface area contributed by atoms with Gasteiger partial charge in [-0.25, -0.2) is 5.43 Å². The summed E-state index contributed by atoms with van der Waals surface area (Å²) in [6, 6.07) is 0.375. The van der Waals surface area contributed by atoms with Crippen LogP contribution >= 0.6 is 0 Å². The summed E-state index contributed by atoms with van der Waals surface area (Å²) in [7, 11) is 0. The molecule has 158 valence electrons. The lowest BCUT2D eigenvalue weighted by atomic mass is 10.2. The molecule has 0 aliphatic carbocycles. The number of allylic oxidation sites excluding steroid dienone is 2. The van der Waals surface area contributed by atoms with Gasteiger partial charge in [-0.15, -0.1) is 0 Å². The first-order valence-corrected chi connectivity index (χ1v) is 9.41. The van der Waals surface area contributed by atoms with Crippen molar-refractivity contribution in [1.82, 2.24) is 21.1 Å². The number of hydrogen-bond donors (Lipinski definition) is 3. The molecule has 2 fully saturated rings. The molecular weight excluding hydrogens is 362 g/mol. The van der Waals surface area contributed by atoms with Crippen LogP contribution in [0, 0.1) is 10.1 Å². The number of nitrogens with zero attached hydrogens (tertiary/aromatic N) is 2. The number of nitrogens with one attached hydrogen (secondary N) is 3. The molecule has 1 amide bonds. The highest BCUT2D eigenvalue weighted by atomic mass is 16.6. The van der Waals surface area contributed by atoms with Crippen molar-refractivity contribution in [3.05, 3.63) is 46.2 Å². The second kappa shape index (κ2) is 16.8. The van der Waals surface area contributed by atoms with Gasteiger partial charge in [0.15, 0.2) is 0 Å². The number of carbonyl (C=O) groups is 2. The number of hydrazine groups is 1. The predicted molar refractivity (Wildman–Crippen MR) is 110 cm³/mol. The fourth-order valence-electron chi connectivity index (χ4n) is 2.65. The zero-order valence-electron chi connectivity index (χ0n) is 16.7. The first kappa shape index (κ1) is 25.6. The lowest BCUT2D eigenvalue weighted by Gasteiger charge is -2.21. The number of carbonyl (C=O) groups excluding carboxylic acids is 2. The van der Waals surface area contributed by atoms with Gasteiger partial charge in [-0.1, -0.05) is 12.7 Å². The van der Waals surface area contributed by atoms with Crippen molar-refractivity contribution < 1.29 is 14.5 Å². The third-order valence-electron chi connectivity index (χ3n) is 4.16. The van der Waals surface area contributed by atoms with Crippen molar-refractivity contribution in [1.29, 1.82) is 0 Å². The van der Waals surface area contributed by atoms with E-state index < -0.39 is 4.92 Å². The lowest BCUT2D eigenvalue weighted by Crippen LogP contribution is -2.44. The Balaban J connectivity index is 0.000000879.